The molecule has 0 aliphatic rings. The molecular formula is C15H17N3O2. The minimum atomic E-state index is -0.245. The number of anilines is 1. The van der Waals surface area contributed by atoms with Crippen LogP contribution in [-0.2, 0) is 17.9 Å². The summed E-state index contributed by atoms with van der Waals surface area (Å²) < 4.78 is 1.29. The Morgan fingerprint density at radius 3 is 2.75 bits per heavy atom. The Morgan fingerprint density at radius 2 is 2.00 bits per heavy atom. The van der Waals surface area contributed by atoms with Crippen molar-refractivity contribution >= 4 is 11.6 Å². The van der Waals surface area contributed by atoms with Gasteiger partial charge in [-0.25, -0.2) is 0 Å². The highest BCUT2D eigenvalue weighted by Gasteiger charge is 2.05. The number of nitrogens with zero attached hydrogens (tertiary/aromatic N) is 1. The van der Waals surface area contributed by atoms with Crippen molar-refractivity contribution in [3.05, 3.63) is 64.1 Å². The number of hydrogen-bond acceptors (Lipinski definition) is 3. The first kappa shape index (κ1) is 13.9. The highest BCUT2D eigenvalue weighted by molar-refractivity contribution is 5.75. The standard InChI is InChI=1S/C15H17N3O2/c1-11-4-2-3-5-12(11)8-17-14(19)10-18-9-13(16)6-7-15(18)20/h2-7,9H,8,10,16H2,1H3,(H,17,19). The molecule has 0 spiro atoms. The summed E-state index contributed by atoms with van der Waals surface area (Å²) in [6, 6.07) is 10.7. The van der Waals surface area contributed by atoms with Gasteiger partial charge in [-0.05, 0) is 24.1 Å². The van der Waals surface area contributed by atoms with Crippen molar-refractivity contribution < 1.29 is 4.79 Å². The number of nitrogens with two attached hydrogens (primary N) is 1. The molecular weight excluding hydrogens is 254 g/mol. The third-order valence-corrected chi connectivity index (χ3v) is 3.06. The second-order valence-electron chi connectivity index (χ2n) is 4.63. The summed E-state index contributed by atoms with van der Waals surface area (Å²) in [4.78, 5) is 23.4. The van der Waals surface area contributed by atoms with E-state index in [2.05, 4.69) is 5.32 Å². The Kier molecular flexibility index (Phi) is 4.20. The Morgan fingerprint density at radius 1 is 1.25 bits per heavy atom. The average Bonchev–Trinajstić information content (AvgIpc) is 2.42. The molecule has 3 N–H and O–H groups in total. The van der Waals surface area contributed by atoms with E-state index in [-0.39, 0.29) is 18.0 Å². The largest absolute Gasteiger partial charge is 0.398 e. The number of rotatable bonds is 4. The molecule has 1 aromatic heterocycles. The number of pyridine rings is 1. The smallest absolute Gasteiger partial charge is 0.251 e. The summed E-state index contributed by atoms with van der Waals surface area (Å²) >= 11 is 0. The van der Waals surface area contributed by atoms with Crippen molar-refractivity contribution in [2.45, 2.75) is 20.0 Å². The minimum absolute atomic E-state index is 0.0320. The lowest BCUT2D eigenvalue weighted by atomic mass is 10.1. The lowest BCUT2D eigenvalue weighted by molar-refractivity contribution is -0.121. The molecule has 0 atom stereocenters. The van der Waals surface area contributed by atoms with E-state index < -0.39 is 0 Å². The molecule has 104 valence electrons. The maximum absolute atomic E-state index is 11.8. The molecule has 2 aromatic rings. The molecule has 0 bridgehead atoms. The van der Waals surface area contributed by atoms with Crippen LogP contribution in [0.25, 0.3) is 0 Å². The van der Waals surface area contributed by atoms with Crippen LogP contribution in [0.5, 0.6) is 0 Å². The number of aryl methyl sites for hydroxylation is 1. The van der Waals surface area contributed by atoms with Gasteiger partial charge >= 0.3 is 0 Å². The number of amides is 1. The van der Waals surface area contributed by atoms with Crippen LogP contribution in [0, 0.1) is 6.92 Å². The maximum Gasteiger partial charge on any atom is 0.251 e. The molecule has 2 rings (SSSR count). The van der Waals surface area contributed by atoms with Gasteiger partial charge in [0.15, 0.2) is 0 Å². The van der Waals surface area contributed by atoms with Gasteiger partial charge in [-0.3, -0.25) is 9.59 Å². The summed E-state index contributed by atoms with van der Waals surface area (Å²) in [6.07, 6.45) is 1.47. The van der Waals surface area contributed by atoms with Crippen molar-refractivity contribution in [3.8, 4) is 0 Å². The van der Waals surface area contributed by atoms with Crippen LogP contribution in [0.15, 0.2) is 47.4 Å². The van der Waals surface area contributed by atoms with Gasteiger partial charge in [0.1, 0.15) is 6.54 Å². The maximum atomic E-state index is 11.8. The molecule has 1 aromatic carbocycles. The normalized spacial score (nSPS) is 10.2. The summed E-state index contributed by atoms with van der Waals surface area (Å²) in [7, 11) is 0. The van der Waals surface area contributed by atoms with Crippen molar-refractivity contribution in [2.75, 3.05) is 5.73 Å². The van der Waals surface area contributed by atoms with Crippen LogP contribution < -0.4 is 16.6 Å². The number of hydrogen-bond donors (Lipinski definition) is 2. The van der Waals surface area contributed by atoms with E-state index in [4.69, 9.17) is 5.73 Å². The van der Waals surface area contributed by atoms with Crippen LogP contribution >= 0.6 is 0 Å². The zero-order chi connectivity index (χ0) is 14.5. The molecule has 5 nitrogen and oxygen atoms in total. The SMILES string of the molecule is Cc1ccccc1CNC(=O)Cn1cc(N)ccc1=O. The molecule has 0 aliphatic carbocycles. The zero-order valence-electron chi connectivity index (χ0n) is 11.3. The van der Waals surface area contributed by atoms with Gasteiger partial charge in [-0.2, -0.15) is 0 Å². The molecule has 5 heteroatoms. The fraction of sp³-hybridized carbons (Fsp3) is 0.200. The second kappa shape index (κ2) is 6.06. The first-order valence-electron chi connectivity index (χ1n) is 6.33. The zero-order valence-corrected chi connectivity index (χ0v) is 11.3. The first-order chi connectivity index (χ1) is 9.56. The van der Waals surface area contributed by atoms with Gasteiger partial charge < -0.3 is 15.6 Å². The number of nitrogen functional groups attached to an aromatic ring is 1. The van der Waals surface area contributed by atoms with E-state index in [0.717, 1.165) is 11.1 Å². The molecule has 0 aliphatic heterocycles. The van der Waals surface area contributed by atoms with E-state index in [1.807, 2.05) is 31.2 Å². The quantitative estimate of drug-likeness (QED) is 0.872. The number of benzene rings is 1. The van der Waals surface area contributed by atoms with E-state index in [0.29, 0.717) is 12.2 Å². The van der Waals surface area contributed by atoms with Gasteiger partial charge in [0.25, 0.3) is 5.56 Å². The van der Waals surface area contributed by atoms with Crippen LogP contribution in [0.3, 0.4) is 0 Å². The van der Waals surface area contributed by atoms with Crippen LogP contribution in [-0.4, -0.2) is 10.5 Å². The first-order valence-corrected chi connectivity index (χ1v) is 6.33. The molecule has 0 saturated heterocycles. The Labute approximate surface area is 117 Å². The fourth-order valence-electron chi connectivity index (χ4n) is 1.89. The van der Waals surface area contributed by atoms with Gasteiger partial charge in [-0.1, -0.05) is 24.3 Å². The molecule has 1 heterocycles. The molecule has 20 heavy (non-hydrogen) atoms. The van der Waals surface area contributed by atoms with Gasteiger partial charge in [0, 0.05) is 24.5 Å². The predicted octanol–water partition coefficient (Wildman–Crippen LogP) is 1.06. The number of carbonyl (C=O) groups is 1. The summed E-state index contributed by atoms with van der Waals surface area (Å²) in [5.41, 5.74) is 7.98. The molecule has 0 fully saturated rings. The molecule has 0 saturated carbocycles. The van der Waals surface area contributed by atoms with Crippen LogP contribution in [0.1, 0.15) is 11.1 Å². The number of nitrogens with one attached hydrogen (secondary N) is 1. The summed E-state index contributed by atoms with van der Waals surface area (Å²) in [5.74, 6) is -0.221. The van der Waals surface area contributed by atoms with Gasteiger partial charge in [0.2, 0.25) is 5.91 Å². The number of carbonyl (C=O) groups excluding carboxylic acids is 1. The van der Waals surface area contributed by atoms with Crippen molar-refractivity contribution in [2.24, 2.45) is 0 Å². The number of aromatic nitrogens is 1. The Bertz CT molecular complexity index is 677. The molecule has 1 amide bonds. The summed E-state index contributed by atoms with van der Waals surface area (Å²) in [6.45, 7) is 2.40. The van der Waals surface area contributed by atoms with Crippen molar-refractivity contribution in [1.29, 1.82) is 0 Å². The molecule has 0 unspecified atom stereocenters. The fourth-order valence-corrected chi connectivity index (χ4v) is 1.89. The topological polar surface area (TPSA) is 77.1 Å². The predicted molar refractivity (Wildman–Crippen MR) is 78.1 cm³/mol. The van der Waals surface area contributed by atoms with Crippen LogP contribution in [0.2, 0.25) is 0 Å². The Balaban J connectivity index is 1.98. The average molecular weight is 271 g/mol. The van der Waals surface area contributed by atoms with Crippen LogP contribution in [0.4, 0.5) is 5.69 Å². The lowest BCUT2D eigenvalue weighted by Gasteiger charge is -2.09. The van der Waals surface area contributed by atoms with Crippen molar-refractivity contribution in [1.82, 2.24) is 9.88 Å². The second-order valence-corrected chi connectivity index (χ2v) is 4.63. The Hall–Kier alpha value is -2.56. The van der Waals surface area contributed by atoms with Gasteiger partial charge in [-0.15, -0.1) is 0 Å². The third kappa shape index (κ3) is 3.47. The highest BCUT2D eigenvalue weighted by atomic mass is 16.2. The summed E-state index contributed by atoms with van der Waals surface area (Å²) in [5, 5.41) is 2.80. The van der Waals surface area contributed by atoms with Crippen molar-refractivity contribution in [3.63, 3.8) is 0 Å². The van der Waals surface area contributed by atoms with Gasteiger partial charge in [0.05, 0.1) is 0 Å². The monoisotopic (exact) mass is 271 g/mol. The molecule has 0 radical (unpaired) electrons. The van der Waals surface area contributed by atoms with E-state index in [9.17, 15) is 9.59 Å². The van der Waals surface area contributed by atoms with E-state index in [1.165, 1.54) is 22.9 Å². The third-order valence-electron chi connectivity index (χ3n) is 3.06. The van der Waals surface area contributed by atoms with E-state index >= 15 is 0 Å². The van der Waals surface area contributed by atoms with E-state index in [1.54, 1.807) is 0 Å². The lowest BCUT2D eigenvalue weighted by Crippen LogP contribution is -2.31. The minimum Gasteiger partial charge on any atom is -0.398 e. The highest BCUT2D eigenvalue weighted by Crippen LogP contribution is 2.06.